The van der Waals surface area contributed by atoms with Crippen LogP contribution in [0.25, 0.3) is 10.9 Å². The van der Waals surface area contributed by atoms with E-state index in [2.05, 4.69) is 24.3 Å². The summed E-state index contributed by atoms with van der Waals surface area (Å²) in [6.45, 7) is 0. The zero-order valence-corrected chi connectivity index (χ0v) is 10.0. The fraction of sp³-hybridized carbons (Fsp3) is 0.400. The zero-order chi connectivity index (χ0) is 11.7. The number of pyridine rings is 1. The molecule has 1 aromatic heterocycles. The molecule has 0 amide bonds. The Balaban J connectivity index is 2.05. The first-order valence-corrected chi connectivity index (χ1v) is 6.43. The highest BCUT2D eigenvalue weighted by molar-refractivity contribution is 5.78. The minimum absolute atomic E-state index is 0.192. The molecule has 0 aliphatic heterocycles. The molecule has 2 N–H and O–H groups in total. The Kier molecular flexibility index (Phi) is 2.60. The van der Waals surface area contributed by atoms with Crippen molar-refractivity contribution in [1.29, 1.82) is 0 Å². The first kappa shape index (κ1) is 10.7. The minimum Gasteiger partial charge on any atom is -0.320 e. The maximum Gasteiger partial charge on any atom is 0.0706 e. The van der Waals surface area contributed by atoms with Crippen LogP contribution in [0.3, 0.4) is 0 Å². The number of aromatic nitrogens is 1. The van der Waals surface area contributed by atoms with Crippen LogP contribution in [0.15, 0.2) is 36.4 Å². The van der Waals surface area contributed by atoms with Gasteiger partial charge in [-0.3, -0.25) is 4.98 Å². The quantitative estimate of drug-likeness (QED) is 0.809. The second-order valence-electron chi connectivity index (χ2n) is 5.11. The van der Waals surface area contributed by atoms with Crippen LogP contribution in [0.1, 0.15) is 37.8 Å². The van der Waals surface area contributed by atoms with Gasteiger partial charge in [0.1, 0.15) is 0 Å². The zero-order valence-electron chi connectivity index (χ0n) is 10.0. The van der Waals surface area contributed by atoms with Crippen LogP contribution in [0.5, 0.6) is 0 Å². The number of nitrogens with zero attached hydrogens (tertiary/aromatic N) is 1. The molecule has 0 spiro atoms. The summed E-state index contributed by atoms with van der Waals surface area (Å²) in [6.07, 6.45) is 5.90. The maximum atomic E-state index is 6.51. The topological polar surface area (TPSA) is 38.9 Å². The number of rotatable bonds is 1. The van der Waals surface area contributed by atoms with Crippen molar-refractivity contribution in [3.8, 4) is 0 Å². The van der Waals surface area contributed by atoms with E-state index in [-0.39, 0.29) is 5.54 Å². The molecular weight excluding hydrogens is 208 g/mol. The van der Waals surface area contributed by atoms with E-state index in [0.717, 1.165) is 24.1 Å². The maximum absolute atomic E-state index is 6.51. The summed E-state index contributed by atoms with van der Waals surface area (Å²) in [5.41, 5.74) is 8.44. The van der Waals surface area contributed by atoms with Crippen molar-refractivity contribution in [2.45, 2.75) is 37.6 Å². The van der Waals surface area contributed by atoms with Crippen LogP contribution in [-0.2, 0) is 5.54 Å². The van der Waals surface area contributed by atoms with Crippen LogP contribution in [0.2, 0.25) is 0 Å². The fourth-order valence-electron chi connectivity index (χ4n) is 2.78. The second-order valence-corrected chi connectivity index (χ2v) is 5.11. The lowest BCUT2D eigenvalue weighted by Crippen LogP contribution is -2.39. The first-order valence-electron chi connectivity index (χ1n) is 6.43. The van der Waals surface area contributed by atoms with Crippen LogP contribution < -0.4 is 5.73 Å². The van der Waals surface area contributed by atoms with Gasteiger partial charge in [0.15, 0.2) is 0 Å². The number of para-hydroxylation sites is 1. The Labute approximate surface area is 102 Å². The minimum atomic E-state index is -0.192. The van der Waals surface area contributed by atoms with Crippen molar-refractivity contribution >= 4 is 10.9 Å². The molecule has 0 saturated heterocycles. The lowest BCUT2D eigenvalue weighted by molar-refractivity contribution is 0.296. The molecule has 1 aliphatic carbocycles. The Morgan fingerprint density at radius 3 is 2.53 bits per heavy atom. The summed E-state index contributed by atoms with van der Waals surface area (Å²) in [5.74, 6) is 0. The predicted molar refractivity (Wildman–Crippen MR) is 70.7 cm³/mol. The van der Waals surface area contributed by atoms with Crippen molar-refractivity contribution in [3.05, 3.63) is 42.1 Å². The number of fused-ring (bicyclic) bond motifs is 1. The molecule has 88 valence electrons. The Morgan fingerprint density at radius 1 is 0.941 bits per heavy atom. The number of benzene rings is 1. The van der Waals surface area contributed by atoms with E-state index in [9.17, 15) is 0 Å². The van der Waals surface area contributed by atoms with Gasteiger partial charge in [-0.2, -0.15) is 0 Å². The SMILES string of the molecule is NC1(c2ccc3ccccc3n2)CCCCC1. The van der Waals surface area contributed by atoms with Gasteiger partial charge < -0.3 is 5.73 Å². The molecule has 3 rings (SSSR count). The third-order valence-electron chi connectivity index (χ3n) is 3.85. The van der Waals surface area contributed by atoms with Crippen molar-refractivity contribution in [1.82, 2.24) is 4.98 Å². The molecule has 0 atom stereocenters. The Morgan fingerprint density at radius 2 is 1.71 bits per heavy atom. The standard InChI is InChI=1S/C15H18N2/c16-15(10-4-1-5-11-15)14-9-8-12-6-2-3-7-13(12)17-14/h2-3,6-9H,1,4-5,10-11,16H2. The lowest BCUT2D eigenvalue weighted by Gasteiger charge is -2.32. The molecule has 0 radical (unpaired) electrons. The summed E-state index contributed by atoms with van der Waals surface area (Å²) >= 11 is 0. The van der Waals surface area contributed by atoms with E-state index in [1.54, 1.807) is 0 Å². The molecule has 1 fully saturated rings. The van der Waals surface area contributed by atoms with Gasteiger partial charge in [0.2, 0.25) is 0 Å². The normalized spacial score (nSPS) is 19.4. The van der Waals surface area contributed by atoms with E-state index in [1.165, 1.54) is 24.6 Å². The van der Waals surface area contributed by atoms with Gasteiger partial charge in [-0.15, -0.1) is 0 Å². The van der Waals surface area contributed by atoms with Crippen LogP contribution in [0, 0.1) is 0 Å². The van der Waals surface area contributed by atoms with E-state index < -0.39 is 0 Å². The lowest BCUT2D eigenvalue weighted by atomic mass is 9.80. The molecule has 2 heteroatoms. The highest BCUT2D eigenvalue weighted by atomic mass is 14.8. The average molecular weight is 226 g/mol. The summed E-state index contributed by atoms with van der Waals surface area (Å²) in [5, 5.41) is 1.19. The molecule has 2 aromatic rings. The third-order valence-corrected chi connectivity index (χ3v) is 3.85. The van der Waals surface area contributed by atoms with Gasteiger partial charge in [-0.25, -0.2) is 0 Å². The molecule has 2 nitrogen and oxygen atoms in total. The predicted octanol–water partition coefficient (Wildman–Crippen LogP) is 3.35. The molecular formula is C15H18N2. The van der Waals surface area contributed by atoms with Gasteiger partial charge in [-0.1, -0.05) is 43.5 Å². The number of hydrogen-bond acceptors (Lipinski definition) is 2. The van der Waals surface area contributed by atoms with E-state index >= 15 is 0 Å². The van der Waals surface area contributed by atoms with Crippen LogP contribution >= 0.6 is 0 Å². The fourth-order valence-corrected chi connectivity index (χ4v) is 2.78. The molecule has 17 heavy (non-hydrogen) atoms. The Hall–Kier alpha value is -1.41. The summed E-state index contributed by atoms with van der Waals surface area (Å²) in [7, 11) is 0. The van der Waals surface area contributed by atoms with Gasteiger partial charge >= 0.3 is 0 Å². The molecule has 1 saturated carbocycles. The smallest absolute Gasteiger partial charge is 0.0706 e. The molecule has 0 unspecified atom stereocenters. The van der Waals surface area contributed by atoms with Crippen molar-refractivity contribution in [2.24, 2.45) is 5.73 Å². The van der Waals surface area contributed by atoms with E-state index in [1.807, 2.05) is 12.1 Å². The van der Waals surface area contributed by atoms with Gasteiger partial charge in [0, 0.05) is 5.39 Å². The highest BCUT2D eigenvalue weighted by Crippen LogP contribution is 2.34. The molecule has 1 aromatic carbocycles. The first-order chi connectivity index (χ1) is 8.28. The third kappa shape index (κ3) is 1.93. The van der Waals surface area contributed by atoms with Crippen molar-refractivity contribution < 1.29 is 0 Å². The largest absolute Gasteiger partial charge is 0.320 e. The summed E-state index contributed by atoms with van der Waals surface area (Å²) in [6, 6.07) is 12.5. The van der Waals surface area contributed by atoms with Gasteiger partial charge in [-0.05, 0) is 25.0 Å². The summed E-state index contributed by atoms with van der Waals surface area (Å²) < 4.78 is 0. The van der Waals surface area contributed by atoms with Crippen LogP contribution in [-0.4, -0.2) is 4.98 Å². The van der Waals surface area contributed by atoms with E-state index in [4.69, 9.17) is 10.7 Å². The average Bonchev–Trinajstić information content (AvgIpc) is 2.39. The van der Waals surface area contributed by atoms with Crippen LogP contribution in [0.4, 0.5) is 0 Å². The van der Waals surface area contributed by atoms with Crippen molar-refractivity contribution in [3.63, 3.8) is 0 Å². The summed E-state index contributed by atoms with van der Waals surface area (Å²) in [4.78, 5) is 4.75. The highest BCUT2D eigenvalue weighted by Gasteiger charge is 2.30. The monoisotopic (exact) mass is 226 g/mol. The Bertz CT molecular complexity index is 527. The number of hydrogen-bond donors (Lipinski definition) is 1. The number of nitrogens with two attached hydrogens (primary N) is 1. The van der Waals surface area contributed by atoms with Crippen molar-refractivity contribution in [2.75, 3.05) is 0 Å². The second kappa shape index (κ2) is 4.11. The van der Waals surface area contributed by atoms with Gasteiger partial charge in [0.05, 0.1) is 16.7 Å². The van der Waals surface area contributed by atoms with E-state index in [0.29, 0.717) is 0 Å². The molecule has 1 heterocycles. The molecule has 0 bridgehead atoms. The molecule has 1 aliphatic rings. The van der Waals surface area contributed by atoms with Gasteiger partial charge in [0.25, 0.3) is 0 Å².